The lowest BCUT2D eigenvalue weighted by atomic mass is 9.95. The third kappa shape index (κ3) is 18.1. The number of fused-ring (bicyclic) bond motifs is 7. The fourth-order valence-corrected chi connectivity index (χ4v) is 13.5. The second-order valence-corrected chi connectivity index (χ2v) is 26.1. The zero-order valence-corrected chi connectivity index (χ0v) is 53.8. The van der Waals surface area contributed by atoms with E-state index in [4.69, 9.17) is 11.5 Å². The lowest BCUT2D eigenvalue weighted by molar-refractivity contribution is -0.146. The van der Waals surface area contributed by atoms with E-state index in [0.29, 0.717) is 87.1 Å². The highest BCUT2D eigenvalue weighted by atomic mass is 32.2. The highest BCUT2D eigenvalue weighted by Gasteiger charge is 2.48. The summed E-state index contributed by atoms with van der Waals surface area (Å²) >= 11 is 2.87. The zero-order valence-electron chi connectivity index (χ0n) is 52.1. The van der Waals surface area contributed by atoms with E-state index in [9.17, 15) is 57.0 Å². The molecule has 9 rings (SSSR count). The predicted molar refractivity (Wildman–Crippen MR) is 355 cm³/mol. The van der Waals surface area contributed by atoms with Crippen LogP contribution in [-0.4, -0.2) is 140 Å². The zero-order chi connectivity index (χ0) is 67.1. The maximum absolute atomic E-state index is 15.0. The molecule has 4 heterocycles. The van der Waals surface area contributed by atoms with E-state index in [1.165, 1.54) is 96.0 Å². The molecule has 94 heavy (non-hydrogen) atoms. The molecule has 4 bridgehead atoms. The van der Waals surface area contributed by atoms with Gasteiger partial charge in [0.25, 0.3) is 5.91 Å². The minimum Gasteiger partial charge on any atom is -0.508 e. The molecule has 26 heteroatoms. The number of thioether (sulfide) groups is 2. The second kappa shape index (κ2) is 32.0. The van der Waals surface area contributed by atoms with E-state index < -0.39 is 107 Å². The Morgan fingerprint density at radius 2 is 1.28 bits per heavy atom. The number of nitrogens with two attached hydrogens (primary N) is 2. The topological polar surface area (TPSA) is 345 Å². The van der Waals surface area contributed by atoms with Crippen LogP contribution in [0.5, 0.6) is 5.75 Å². The van der Waals surface area contributed by atoms with Crippen molar-refractivity contribution in [2.24, 2.45) is 11.5 Å². The Hall–Kier alpha value is -9.27. The van der Waals surface area contributed by atoms with Crippen LogP contribution in [0.4, 0.5) is 8.78 Å². The van der Waals surface area contributed by atoms with Crippen molar-refractivity contribution in [3.63, 3.8) is 0 Å². The number of carbonyl (C=O) groups is 9. The first-order valence-electron chi connectivity index (χ1n) is 31.2. The molecule has 9 amide bonds. The fraction of sp³-hybridized carbons (Fsp3) is 0.368. The van der Waals surface area contributed by atoms with E-state index in [1.807, 2.05) is 24.3 Å². The molecule has 7 aromatic rings. The highest BCUT2D eigenvalue weighted by Crippen LogP contribution is 2.32. The van der Waals surface area contributed by atoms with Crippen molar-refractivity contribution in [1.82, 2.24) is 52.1 Å². The molecule has 0 radical (unpaired) electrons. The number of hydrogen-bond donors (Lipinski definition) is 12. The largest absolute Gasteiger partial charge is 0.508 e. The van der Waals surface area contributed by atoms with Crippen LogP contribution in [0, 0.1) is 11.6 Å². The molecule has 22 nitrogen and oxygen atoms in total. The predicted octanol–water partition coefficient (Wildman–Crippen LogP) is 5.09. The Labute approximate surface area is 550 Å². The van der Waals surface area contributed by atoms with Gasteiger partial charge in [0.05, 0.1) is 0 Å². The van der Waals surface area contributed by atoms with Gasteiger partial charge in [0.1, 0.15) is 59.2 Å². The first-order chi connectivity index (χ1) is 45.1. The van der Waals surface area contributed by atoms with Gasteiger partial charge < -0.3 is 68.7 Å². The van der Waals surface area contributed by atoms with Crippen molar-refractivity contribution in [1.29, 1.82) is 0 Å². The number of phenols is 1. The van der Waals surface area contributed by atoms with Crippen LogP contribution in [0.3, 0.4) is 0 Å². The van der Waals surface area contributed by atoms with Gasteiger partial charge >= 0.3 is 0 Å². The van der Waals surface area contributed by atoms with Crippen LogP contribution in [0.1, 0.15) is 96.1 Å². The first kappa shape index (κ1) is 69.1. The average molecular weight is 1330 g/mol. The summed E-state index contributed by atoms with van der Waals surface area (Å²) in [6, 6.07) is 20.6. The number of H-pyrrole nitrogens is 2. The number of nitrogens with one attached hydrogen (secondary N) is 9. The molecular weight excluding hydrogens is 1250 g/mol. The Kier molecular flexibility index (Phi) is 23.5. The third-order valence-electron chi connectivity index (χ3n) is 16.9. The number of aromatic hydroxyl groups is 1. The molecule has 1 fully saturated rings. The number of nitrogens with zero attached hydrogens (tertiary/aromatic N) is 1. The summed E-state index contributed by atoms with van der Waals surface area (Å²) in [7, 11) is 0. The van der Waals surface area contributed by atoms with Gasteiger partial charge in [0, 0.05) is 102 Å². The Morgan fingerprint density at radius 3 is 1.94 bits per heavy atom. The second-order valence-electron chi connectivity index (χ2n) is 23.9. The molecule has 0 unspecified atom stereocenters. The number of halogens is 2. The summed E-state index contributed by atoms with van der Waals surface area (Å²) in [5.41, 5.74) is 15.1. The Bertz CT molecular complexity index is 3920. The maximum atomic E-state index is 15.0. The molecule has 0 aliphatic carbocycles. The molecule has 0 spiro atoms. The summed E-state index contributed by atoms with van der Waals surface area (Å²) in [5, 5.41) is 30.5. The molecule has 0 saturated carbocycles. The number of amides is 9. The van der Waals surface area contributed by atoms with Gasteiger partial charge in [-0.3, -0.25) is 43.2 Å². The molecule has 2 aromatic heterocycles. The number of aromatic nitrogens is 2. The van der Waals surface area contributed by atoms with Crippen molar-refractivity contribution in [3.05, 3.63) is 172 Å². The molecule has 1 saturated heterocycles. The number of rotatable bonds is 11. The number of primary amides is 1. The standard InChI is InChI=1S/C68H78F2N12O10S2/c1-39-61(86)78-56(30-46-35-74-53-20-16-48(70)32-51(46)53)65(90)79-55(29-45-34-73-52-19-15-47(69)31-50(45)52)63(88)75-33-41-8-6-11-44(27-41)62(87)80-57(28-40-13-17-49(83)18-14-40)66(91)82-24-7-22-68(82,2)67(92)81-58(60(72)85)38-94-37-43-10-5-9-42(26-43)36-93-25-21-59(84)77-54(64(89)76-39)12-3-4-23-71/h5-6,8-11,13-20,26-27,31-32,34-35,39,54-58,73-74,83H,3-4,7,12,21-25,28-30,33,36-38,71H2,1-2H3,(H2,72,85)(H,75,88)(H,76,89)(H,77,84)(H,78,86)(H,79,90)(H,80,87)(H,81,92)/t39-,54+,55+,56+,57+,58+,68+/m1/s1. The number of carbonyl (C=O) groups excluding carboxylic acids is 9. The number of aromatic amines is 2. The molecule has 2 aliphatic rings. The summed E-state index contributed by atoms with van der Waals surface area (Å²) < 4.78 is 29.6. The normalized spacial score (nSPS) is 22.4. The third-order valence-corrected chi connectivity index (χ3v) is 19.0. The van der Waals surface area contributed by atoms with Gasteiger partial charge in [0.15, 0.2) is 0 Å². The minimum atomic E-state index is -1.48. The van der Waals surface area contributed by atoms with E-state index >= 15 is 0 Å². The van der Waals surface area contributed by atoms with E-state index in [0.717, 1.165) is 11.1 Å². The van der Waals surface area contributed by atoms with Crippen molar-refractivity contribution >= 4 is 98.5 Å². The van der Waals surface area contributed by atoms with Crippen molar-refractivity contribution in [2.75, 3.05) is 24.6 Å². The van der Waals surface area contributed by atoms with Gasteiger partial charge in [-0.1, -0.05) is 48.5 Å². The van der Waals surface area contributed by atoms with Gasteiger partial charge in [-0.2, -0.15) is 23.5 Å². The fourth-order valence-electron chi connectivity index (χ4n) is 11.6. The summed E-state index contributed by atoms with van der Waals surface area (Å²) in [6.07, 6.45) is 4.56. The van der Waals surface area contributed by atoms with Crippen LogP contribution in [0.25, 0.3) is 21.8 Å². The van der Waals surface area contributed by atoms with Crippen LogP contribution in [0.15, 0.2) is 122 Å². The summed E-state index contributed by atoms with van der Waals surface area (Å²) in [6.45, 7) is 3.28. The number of hydrogen-bond acceptors (Lipinski definition) is 13. The van der Waals surface area contributed by atoms with Crippen LogP contribution < -0.4 is 48.7 Å². The monoisotopic (exact) mass is 1320 g/mol. The van der Waals surface area contributed by atoms with Gasteiger partial charge in [-0.25, -0.2) is 8.78 Å². The SMILES string of the molecule is C[C@H]1NC(=O)[C@H](CCCCN)NC(=O)CCSCc2cccc(c2)CSC[C@@H](C(N)=O)NC(=O)[C@]2(C)CCCN2C(=O)[C@H](Cc2ccc(O)cc2)NC(=O)c2cccc(c2)CNC(=O)[C@H](Cc2c[nH]c3ccc(F)cc23)NC(=O)[C@H](Cc2c[nH]c3ccc(F)cc23)NC1=O. The van der Waals surface area contributed by atoms with Crippen LogP contribution >= 0.6 is 23.5 Å². The van der Waals surface area contributed by atoms with Crippen molar-refractivity contribution in [3.8, 4) is 5.75 Å². The molecule has 14 N–H and O–H groups in total. The van der Waals surface area contributed by atoms with Crippen molar-refractivity contribution < 1.29 is 57.0 Å². The number of benzene rings is 5. The van der Waals surface area contributed by atoms with Crippen LogP contribution in [-0.2, 0) is 75.7 Å². The van der Waals surface area contributed by atoms with Crippen LogP contribution in [0.2, 0.25) is 0 Å². The summed E-state index contributed by atoms with van der Waals surface area (Å²) in [5.74, 6) is -5.79. The lowest BCUT2D eigenvalue weighted by Gasteiger charge is -2.37. The molecule has 2 aliphatic heterocycles. The first-order valence-corrected chi connectivity index (χ1v) is 33.5. The van der Waals surface area contributed by atoms with Crippen molar-refractivity contribution in [2.45, 2.75) is 131 Å². The lowest BCUT2D eigenvalue weighted by Crippen LogP contribution is -2.62. The Balaban J connectivity index is 1.02. The average Bonchev–Trinajstić information content (AvgIpc) is 1.60. The van der Waals surface area contributed by atoms with Gasteiger partial charge in [-0.15, -0.1) is 0 Å². The quantitative estimate of drug-likeness (QED) is 0.0753. The minimum absolute atomic E-state index is 0.0242. The van der Waals surface area contributed by atoms with Gasteiger partial charge in [0.2, 0.25) is 47.3 Å². The number of phenolic OH excluding ortho intramolecular Hbond substituents is 1. The Morgan fingerprint density at radius 1 is 0.660 bits per heavy atom. The van der Waals surface area contributed by atoms with Gasteiger partial charge in [-0.05, 0) is 147 Å². The maximum Gasteiger partial charge on any atom is 0.251 e. The highest BCUT2D eigenvalue weighted by molar-refractivity contribution is 7.98. The van der Waals surface area contributed by atoms with E-state index in [1.54, 1.807) is 43.6 Å². The molecular formula is C68H78F2N12O10S2. The molecule has 5 aromatic carbocycles. The molecule has 7 atom stereocenters. The molecule has 496 valence electrons. The van der Waals surface area contributed by atoms with E-state index in [2.05, 4.69) is 47.2 Å². The number of unbranched alkanes of at least 4 members (excludes halogenated alkanes) is 1. The van der Waals surface area contributed by atoms with E-state index in [-0.39, 0.29) is 68.7 Å². The summed E-state index contributed by atoms with van der Waals surface area (Å²) in [4.78, 5) is 136. The smallest absolute Gasteiger partial charge is 0.251 e.